The molecule has 1 fully saturated rings. The Morgan fingerprint density at radius 2 is 2.10 bits per heavy atom. The van der Waals surface area contributed by atoms with E-state index in [1.165, 1.54) is 24.2 Å². The molecule has 4 N–H and O–H groups in total. The van der Waals surface area contributed by atoms with E-state index in [1.807, 2.05) is 20.8 Å². The number of hydrogen-bond donors (Lipinski definition) is 3. The van der Waals surface area contributed by atoms with Crippen LogP contribution in [0.15, 0.2) is 0 Å². The van der Waals surface area contributed by atoms with Crippen LogP contribution in [0, 0.1) is 5.92 Å². The number of nitrogen functional groups attached to an aromatic ring is 1. The van der Waals surface area contributed by atoms with Gasteiger partial charge in [0.05, 0.1) is 0 Å². The van der Waals surface area contributed by atoms with Gasteiger partial charge in [0.15, 0.2) is 5.13 Å². The smallest absolute Gasteiger partial charge is 0.265 e. The summed E-state index contributed by atoms with van der Waals surface area (Å²) in [5.74, 6) is 0.755. The van der Waals surface area contributed by atoms with E-state index in [2.05, 4.69) is 22.5 Å². The predicted molar refractivity (Wildman–Crippen MR) is 84.2 cm³/mol. The van der Waals surface area contributed by atoms with Crippen LogP contribution in [0.5, 0.6) is 0 Å². The molecule has 0 bridgehead atoms. The minimum atomic E-state index is -0.0992. The van der Waals surface area contributed by atoms with Crippen LogP contribution >= 0.6 is 11.3 Å². The number of rotatable bonds is 3. The molecule has 1 heterocycles. The first-order chi connectivity index (χ1) is 9.26. The van der Waals surface area contributed by atoms with Gasteiger partial charge >= 0.3 is 0 Å². The third kappa shape index (κ3) is 3.62. The molecule has 0 radical (unpaired) electrons. The van der Waals surface area contributed by atoms with Crippen molar-refractivity contribution in [3.63, 3.8) is 0 Å². The van der Waals surface area contributed by atoms with Crippen LogP contribution in [-0.4, -0.2) is 22.5 Å². The van der Waals surface area contributed by atoms with Gasteiger partial charge in [0.25, 0.3) is 5.91 Å². The van der Waals surface area contributed by atoms with Crippen LogP contribution in [0.25, 0.3) is 0 Å². The Hall–Kier alpha value is -1.30. The van der Waals surface area contributed by atoms with Crippen molar-refractivity contribution in [3.05, 3.63) is 4.88 Å². The second kappa shape index (κ2) is 5.60. The van der Waals surface area contributed by atoms with Crippen molar-refractivity contribution in [3.8, 4) is 0 Å². The molecule has 5 nitrogen and oxygen atoms in total. The van der Waals surface area contributed by atoms with Crippen molar-refractivity contribution >= 4 is 28.2 Å². The Kier molecular flexibility index (Phi) is 4.22. The Labute approximate surface area is 124 Å². The van der Waals surface area contributed by atoms with Crippen molar-refractivity contribution in [2.45, 2.75) is 58.5 Å². The normalized spacial score (nSPS) is 22.8. The number of nitrogens with two attached hydrogens (primary N) is 1. The Morgan fingerprint density at radius 1 is 1.40 bits per heavy atom. The van der Waals surface area contributed by atoms with Crippen LogP contribution in [0.2, 0.25) is 0 Å². The van der Waals surface area contributed by atoms with E-state index in [4.69, 9.17) is 5.73 Å². The highest BCUT2D eigenvalue weighted by molar-refractivity contribution is 7.18. The van der Waals surface area contributed by atoms with Crippen LogP contribution < -0.4 is 16.4 Å². The van der Waals surface area contributed by atoms with Crippen LogP contribution in [-0.2, 0) is 0 Å². The first-order valence-electron chi connectivity index (χ1n) is 7.11. The number of aromatic nitrogens is 1. The molecule has 0 aromatic carbocycles. The van der Waals surface area contributed by atoms with Gasteiger partial charge in [0.2, 0.25) is 0 Å². The number of nitrogens with zero attached hydrogens (tertiary/aromatic N) is 1. The first kappa shape index (κ1) is 15.1. The summed E-state index contributed by atoms with van der Waals surface area (Å²) in [5, 5.41) is 7.03. The van der Waals surface area contributed by atoms with Gasteiger partial charge < -0.3 is 16.4 Å². The van der Waals surface area contributed by atoms with Crippen molar-refractivity contribution < 1.29 is 4.79 Å². The summed E-state index contributed by atoms with van der Waals surface area (Å²) in [5.41, 5.74) is 5.77. The van der Waals surface area contributed by atoms with E-state index in [-0.39, 0.29) is 17.5 Å². The number of thiazole rings is 1. The average Bonchev–Trinajstić information content (AvgIpc) is 2.84. The monoisotopic (exact) mass is 296 g/mol. The fourth-order valence-corrected chi connectivity index (χ4v) is 3.46. The van der Waals surface area contributed by atoms with Gasteiger partial charge in [0, 0.05) is 11.6 Å². The molecular weight excluding hydrogens is 272 g/mol. The average molecular weight is 296 g/mol. The maximum atomic E-state index is 12.3. The molecule has 6 heteroatoms. The molecule has 1 saturated carbocycles. The number of nitrogens with one attached hydrogen (secondary N) is 2. The fourth-order valence-electron chi connectivity index (χ4n) is 2.46. The number of carbonyl (C=O) groups is 1. The van der Waals surface area contributed by atoms with Crippen molar-refractivity contribution in [2.24, 2.45) is 5.92 Å². The lowest BCUT2D eigenvalue weighted by Crippen LogP contribution is -2.36. The highest BCUT2D eigenvalue weighted by Crippen LogP contribution is 2.29. The molecule has 2 atom stereocenters. The van der Waals surface area contributed by atoms with E-state index in [1.54, 1.807) is 0 Å². The number of carbonyl (C=O) groups excluding carboxylic acids is 1. The van der Waals surface area contributed by atoms with E-state index >= 15 is 0 Å². The van der Waals surface area contributed by atoms with Gasteiger partial charge in [-0.3, -0.25) is 4.79 Å². The molecule has 2 rings (SSSR count). The SMILES string of the molecule is CC1CCCC1NC(=O)c1sc(NC(C)(C)C)nc1N. The van der Waals surface area contributed by atoms with Gasteiger partial charge in [-0.2, -0.15) is 0 Å². The largest absolute Gasteiger partial charge is 0.382 e. The molecule has 112 valence electrons. The Balaban J connectivity index is 2.06. The molecule has 1 amide bonds. The summed E-state index contributed by atoms with van der Waals surface area (Å²) in [6, 6.07) is 0.267. The van der Waals surface area contributed by atoms with E-state index in [0.717, 1.165) is 6.42 Å². The summed E-state index contributed by atoms with van der Waals surface area (Å²) in [4.78, 5) is 17.0. The molecule has 2 unspecified atom stereocenters. The molecular formula is C14H24N4OS. The van der Waals surface area contributed by atoms with Crippen LogP contribution in [0.1, 0.15) is 56.6 Å². The third-order valence-electron chi connectivity index (χ3n) is 3.52. The lowest BCUT2D eigenvalue weighted by atomic mass is 10.1. The fraction of sp³-hybridized carbons (Fsp3) is 0.714. The molecule has 0 spiro atoms. The minimum Gasteiger partial charge on any atom is -0.382 e. The summed E-state index contributed by atoms with van der Waals surface area (Å²) in [7, 11) is 0. The molecule has 1 aromatic rings. The molecule has 1 aromatic heterocycles. The Morgan fingerprint density at radius 3 is 2.65 bits per heavy atom. The Bertz CT molecular complexity index is 492. The van der Waals surface area contributed by atoms with Crippen molar-refractivity contribution in [1.29, 1.82) is 0 Å². The van der Waals surface area contributed by atoms with Crippen molar-refractivity contribution in [2.75, 3.05) is 11.1 Å². The molecule has 0 saturated heterocycles. The molecule has 1 aliphatic carbocycles. The molecule has 1 aliphatic rings. The standard InChI is InChI=1S/C14H24N4OS/c1-8-6-5-7-9(8)16-12(19)10-11(15)17-13(20-10)18-14(2,3)4/h8-9H,5-7,15H2,1-4H3,(H,16,19)(H,17,18). The van der Waals surface area contributed by atoms with E-state index in [0.29, 0.717) is 21.7 Å². The minimum absolute atomic E-state index is 0.0966. The predicted octanol–water partition coefficient (Wildman–Crippen LogP) is 2.85. The molecule has 20 heavy (non-hydrogen) atoms. The highest BCUT2D eigenvalue weighted by atomic mass is 32.1. The number of amides is 1. The van der Waals surface area contributed by atoms with Gasteiger partial charge in [-0.1, -0.05) is 24.7 Å². The third-order valence-corrected chi connectivity index (χ3v) is 4.50. The second-order valence-electron chi connectivity index (χ2n) is 6.60. The highest BCUT2D eigenvalue weighted by Gasteiger charge is 2.27. The first-order valence-corrected chi connectivity index (χ1v) is 7.93. The second-order valence-corrected chi connectivity index (χ2v) is 7.60. The zero-order chi connectivity index (χ0) is 14.9. The zero-order valence-electron chi connectivity index (χ0n) is 12.6. The van der Waals surface area contributed by atoms with Gasteiger partial charge in [-0.05, 0) is 39.5 Å². The maximum Gasteiger partial charge on any atom is 0.265 e. The van der Waals surface area contributed by atoms with Gasteiger partial charge in [0.1, 0.15) is 10.7 Å². The van der Waals surface area contributed by atoms with Crippen molar-refractivity contribution in [1.82, 2.24) is 10.3 Å². The summed E-state index contributed by atoms with van der Waals surface area (Å²) >= 11 is 1.32. The zero-order valence-corrected chi connectivity index (χ0v) is 13.4. The summed E-state index contributed by atoms with van der Waals surface area (Å²) in [6.07, 6.45) is 3.42. The topological polar surface area (TPSA) is 80.0 Å². The number of hydrogen-bond acceptors (Lipinski definition) is 5. The van der Waals surface area contributed by atoms with Crippen LogP contribution in [0.3, 0.4) is 0 Å². The summed E-state index contributed by atoms with van der Waals surface area (Å²) < 4.78 is 0. The lowest BCUT2D eigenvalue weighted by Gasteiger charge is -2.19. The van der Waals surface area contributed by atoms with Gasteiger partial charge in [-0.15, -0.1) is 0 Å². The van der Waals surface area contributed by atoms with E-state index < -0.39 is 0 Å². The van der Waals surface area contributed by atoms with Gasteiger partial charge in [-0.25, -0.2) is 4.98 Å². The maximum absolute atomic E-state index is 12.3. The quantitative estimate of drug-likeness (QED) is 0.801. The molecule has 0 aliphatic heterocycles. The van der Waals surface area contributed by atoms with E-state index in [9.17, 15) is 4.79 Å². The van der Waals surface area contributed by atoms with Crippen LogP contribution in [0.4, 0.5) is 10.9 Å². The lowest BCUT2D eigenvalue weighted by molar-refractivity contribution is 0.0934. The number of anilines is 2. The summed E-state index contributed by atoms with van der Waals surface area (Å²) in [6.45, 7) is 8.32.